The van der Waals surface area contributed by atoms with Crippen LogP contribution in [-0.4, -0.2) is 64.2 Å². The number of benzene rings is 1. The molecule has 2 fully saturated rings. The fourth-order valence-electron chi connectivity index (χ4n) is 3.95. The first-order valence-electron chi connectivity index (χ1n) is 8.95. The fraction of sp³-hybridized carbons (Fsp3) is 0.556. The van der Waals surface area contributed by atoms with Crippen LogP contribution in [0.25, 0.3) is 10.1 Å². The topological polar surface area (TPSA) is 58.6 Å². The summed E-state index contributed by atoms with van der Waals surface area (Å²) in [6, 6.07) is 9.15. The molecule has 5 nitrogen and oxygen atoms in total. The number of fused-ring (bicyclic) bond motifs is 1. The maximum Gasteiger partial charge on any atom is 0.0455 e. The highest BCUT2D eigenvalue weighted by atomic mass is 32.2. The Morgan fingerprint density at radius 1 is 1.24 bits per heavy atom. The van der Waals surface area contributed by atoms with Crippen LogP contribution >= 0.6 is 11.3 Å². The summed E-state index contributed by atoms with van der Waals surface area (Å²) >= 11 is -0.134. The SMILES string of the molecule is O=S([O-])C1CNC(CCN2CCN(c3cccc4sccc34)CC2)C1. The molecule has 2 aromatic rings. The molecule has 1 aromatic heterocycles. The third kappa shape index (κ3) is 3.90. The molecule has 136 valence electrons. The zero-order valence-corrected chi connectivity index (χ0v) is 15.9. The number of hydrogen-bond donors (Lipinski definition) is 1. The Balaban J connectivity index is 1.28. The highest BCUT2D eigenvalue weighted by Gasteiger charge is 2.26. The third-order valence-corrected chi connectivity index (χ3v) is 7.22. The van der Waals surface area contributed by atoms with Crippen molar-refractivity contribution < 1.29 is 8.76 Å². The van der Waals surface area contributed by atoms with Crippen molar-refractivity contribution in [1.82, 2.24) is 10.2 Å². The molecule has 0 radical (unpaired) electrons. The van der Waals surface area contributed by atoms with Gasteiger partial charge in [0.2, 0.25) is 0 Å². The number of thiophene rings is 1. The molecule has 0 bridgehead atoms. The highest BCUT2D eigenvalue weighted by molar-refractivity contribution is 7.79. The van der Waals surface area contributed by atoms with Crippen LogP contribution in [0.4, 0.5) is 5.69 Å². The molecule has 25 heavy (non-hydrogen) atoms. The maximum absolute atomic E-state index is 11.0. The standard InChI is InChI=1S/C18H25N3O2S2/c22-25(23)15-12-14(19-13-15)4-6-20-7-9-21(10-8-20)17-2-1-3-18-16(17)5-11-24-18/h1-3,5,11,14-15,19H,4,6-10,12-13H2,(H,22,23)/p-1. The number of hydrogen-bond acceptors (Lipinski definition) is 6. The first-order chi connectivity index (χ1) is 12.2. The van der Waals surface area contributed by atoms with E-state index in [9.17, 15) is 8.76 Å². The van der Waals surface area contributed by atoms with Crippen molar-refractivity contribution in [2.75, 3.05) is 44.2 Å². The fourth-order valence-corrected chi connectivity index (χ4v) is 5.38. The average Bonchev–Trinajstić information content (AvgIpc) is 3.29. The summed E-state index contributed by atoms with van der Waals surface area (Å²) in [5, 5.41) is 6.69. The van der Waals surface area contributed by atoms with Crippen LogP contribution in [0.3, 0.4) is 0 Å². The minimum atomic E-state index is -1.94. The molecular weight excluding hydrogens is 354 g/mol. The Bertz CT molecular complexity index is 743. The number of anilines is 1. The van der Waals surface area contributed by atoms with Gasteiger partial charge in [-0.2, -0.15) is 0 Å². The predicted molar refractivity (Wildman–Crippen MR) is 104 cm³/mol. The van der Waals surface area contributed by atoms with E-state index in [1.54, 1.807) is 11.3 Å². The molecule has 0 spiro atoms. The minimum absolute atomic E-state index is 0.201. The van der Waals surface area contributed by atoms with E-state index < -0.39 is 11.1 Å². The molecule has 1 aromatic carbocycles. The largest absolute Gasteiger partial charge is 0.772 e. The van der Waals surface area contributed by atoms with Gasteiger partial charge in [0.25, 0.3) is 0 Å². The van der Waals surface area contributed by atoms with Gasteiger partial charge in [-0.15, -0.1) is 11.3 Å². The molecule has 0 aliphatic carbocycles. The first kappa shape index (κ1) is 17.4. The summed E-state index contributed by atoms with van der Waals surface area (Å²) in [7, 11) is 0. The Hall–Kier alpha value is -0.990. The van der Waals surface area contributed by atoms with Gasteiger partial charge in [0.05, 0.1) is 0 Å². The van der Waals surface area contributed by atoms with Crippen LogP contribution in [-0.2, 0) is 11.1 Å². The van der Waals surface area contributed by atoms with Crippen molar-refractivity contribution in [2.45, 2.75) is 24.1 Å². The molecule has 3 heterocycles. The van der Waals surface area contributed by atoms with Crippen LogP contribution in [0.5, 0.6) is 0 Å². The van der Waals surface area contributed by atoms with E-state index in [2.05, 4.69) is 44.8 Å². The summed E-state index contributed by atoms with van der Waals surface area (Å²) in [6.07, 6.45) is 1.80. The zero-order chi connectivity index (χ0) is 17.2. The van der Waals surface area contributed by atoms with Crippen LogP contribution in [0.2, 0.25) is 0 Å². The number of piperazine rings is 1. The second kappa shape index (κ2) is 7.72. The highest BCUT2D eigenvalue weighted by Crippen LogP contribution is 2.31. The summed E-state index contributed by atoms with van der Waals surface area (Å²) in [6.45, 7) is 5.92. The van der Waals surface area contributed by atoms with E-state index >= 15 is 0 Å². The van der Waals surface area contributed by atoms with Crippen molar-refractivity contribution >= 4 is 38.2 Å². The number of nitrogens with one attached hydrogen (secondary N) is 1. The maximum atomic E-state index is 11.0. The van der Waals surface area contributed by atoms with Gasteiger partial charge in [-0.3, -0.25) is 9.11 Å². The first-order valence-corrected chi connectivity index (χ1v) is 11.0. The van der Waals surface area contributed by atoms with Gasteiger partial charge in [-0.1, -0.05) is 17.1 Å². The molecule has 1 N–H and O–H groups in total. The second-order valence-corrected chi connectivity index (χ2v) is 9.09. The lowest BCUT2D eigenvalue weighted by molar-refractivity contribution is 0.246. The summed E-state index contributed by atoms with van der Waals surface area (Å²) in [5.74, 6) is 0. The normalized spacial score (nSPS) is 26.4. The van der Waals surface area contributed by atoms with Gasteiger partial charge in [-0.25, -0.2) is 0 Å². The number of rotatable bonds is 5. The van der Waals surface area contributed by atoms with Crippen molar-refractivity contribution in [3.63, 3.8) is 0 Å². The molecule has 2 aliphatic rings. The lowest BCUT2D eigenvalue weighted by atomic mass is 10.1. The molecule has 4 rings (SSSR count). The molecule has 7 heteroatoms. The molecule has 2 aliphatic heterocycles. The lowest BCUT2D eigenvalue weighted by Gasteiger charge is -2.36. The van der Waals surface area contributed by atoms with E-state index in [1.165, 1.54) is 15.8 Å². The average molecular weight is 379 g/mol. The summed E-state index contributed by atoms with van der Waals surface area (Å²) in [4.78, 5) is 5.00. The van der Waals surface area contributed by atoms with Gasteiger partial charge in [0.1, 0.15) is 0 Å². The third-order valence-electron chi connectivity index (χ3n) is 5.43. The smallest absolute Gasteiger partial charge is 0.0455 e. The van der Waals surface area contributed by atoms with Crippen LogP contribution < -0.4 is 10.2 Å². The quantitative estimate of drug-likeness (QED) is 0.807. The van der Waals surface area contributed by atoms with E-state index in [-0.39, 0.29) is 5.25 Å². The van der Waals surface area contributed by atoms with E-state index in [0.29, 0.717) is 12.6 Å². The van der Waals surface area contributed by atoms with Crippen LogP contribution in [0.1, 0.15) is 12.8 Å². The lowest BCUT2D eigenvalue weighted by Crippen LogP contribution is -2.47. The summed E-state index contributed by atoms with van der Waals surface area (Å²) in [5.41, 5.74) is 1.36. The van der Waals surface area contributed by atoms with Gasteiger partial charge in [-0.05, 0) is 43.0 Å². The van der Waals surface area contributed by atoms with Crippen molar-refractivity contribution in [2.24, 2.45) is 0 Å². The Morgan fingerprint density at radius 2 is 2.08 bits per heavy atom. The van der Waals surface area contributed by atoms with E-state index in [0.717, 1.165) is 45.6 Å². The molecule has 3 atom stereocenters. The zero-order valence-electron chi connectivity index (χ0n) is 14.2. The van der Waals surface area contributed by atoms with Crippen LogP contribution in [0, 0.1) is 0 Å². The molecule has 0 amide bonds. The van der Waals surface area contributed by atoms with Gasteiger partial charge < -0.3 is 14.8 Å². The molecular formula is C18H24N3O2S2-. The van der Waals surface area contributed by atoms with E-state index in [4.69, 9.17) is 0 Å². The predicted octanol–water partition coefficient (Wildman–Crippen LogP) is 2.02. The Labute approximate surface area is 155 Å². The molecule has 0 saturated carbocycles. The Kier molecular flexibility index (Phi) is 5.38. The summed E-state index contributed by atoms with van der Waals surface area (Å²) < 4.78 is 23.4. The monoisotopic (exact) mass is 378 g/mol. The minimum Gasteiger partial charge on any atom is -0.772 e. The van der Waals surface area contributed by atoms with Gasteiger partial charge >= 0.3 is 0 Å². The van der Waals surface area contributed by atoms with Crippen LogP contribution in [0.15, 0.2) is 29.6 Å². The second-order valence-electron chi connectivity index (χ2n) is 6.95. The van der Waals surface area contributed by atoms with Crippen molar-refractivity contribution in [1.29, 1.82) is 0 Å². The number of nitrogens with zero attached hydrogens (tertiary/aromatic N) is 2. The van der Waals surface area contributed by atoms with E-state index in [1.807, 2.05) is 0 Å². The van der Waals surface area contributed by atoms with Gasteiger partial charge in [0.15, 0.2) is 0 Å². The van der Waals surface area contributed by atoms with Gasteiger partial charge in [0, 0.05) is 59.8 Å². The molecule has 2 saturated heterocycles. The molecule has 3 unspecified atom stereocenters. The van der Waals surface area contributed by atoms with Crippen molar-refractivity contribution in [3.8, 4) is 0 Å². The van der Waals surface area contributed by atoms with Crippen molar-refractivity contribution in [3.05, 3.63) is 29.6 Å². The Morgan fingerprint density at radius 3 is 2.84 bits per heavy atom.